The third-order valence-electron chi connectivity index (χ3n) is 2.64. The summed E-state index contributed by atoms with van der Waals surface area (Å²) in [7, 11) is 0. The van der Waals surface area contributed by atoms with E-state index >= 15 is 0 Å². The van der Waals surface area contributed by atoms with Gasteiger partial charge in [0, 0.05) is 11.8 Å². The van der Waals surface area contributed by atoms with Crippen LogP contribution in [0.15, 0.2) is 18.2 Å². The lowest BCUT2D eigenvalue weighted by atomic mass is 10.1. The summed E-state index contributed by atoms with van der Waals surface area (Å²) < 4.78 is 11.2. The van der Waals surface area contributed by atoms with Crippen molar-refractivity contribution < 1.29 is 9.47 Å². The molecule has 0 aromatic heterocycles. The van der Waals surface area contributed by atoms with Gasteiger partial charge in [-0.3, -0.25) is 0 Å². The molecule has 0 aliphatic carbocycles. The highest BCUT2D eigenvalue weighted by Crippen LogP contribution is 2.31. The summed E-state index contributed by atoms with van der Waals surface area (Å²) in [6.45, 7) is 7.39. The van der Waals surface area contributed by atoms with Crippen molar-refractivity contribution in [3.8, 4) is 11.5 Å². The maximum Gasteiger partial charge on any atom is 0.161 e. The summed E-state index contributed by atoms with van der Waals surface area (Å²) in [5, 5.41) is 0. The molecule has 0 radical (unpaired) electrons. The van der Waals surface area contributed by atoms with E-state index in [-0.39, 0.29) is 6.04 Å². The van der Waals surface area contributed by atoms with E-state index in [9.17, 15) is 0 Å². The Hall–Kier alpha value is -0.870. The molecule has 108 valence electrons. The Bertz CT molecular complexity index is 371. The van der Waals surface area contributed by atoms with Crippen molar-refractivity contribution in [2.75, 3.05) is 24.7 Å². The van der Waals surface area contributed by atoms with Crippen LogP contribution in [-0.2, 0) is 0 Å². The van der Waals surface area contributed by atoms with Gasteiger partial charge in [0.1, 0.15) is 0 Å². The summed E-state index contributed by atoms with van der Waals surface area (Å²) >= 11 is 1.89. The molecule has 0 amide bonds. The van der Waals surface area contributed by atoms with Gasteiger partial charge in [-0.05, 0) is 43.7 Å². The SMILES string of the molecule is CCCSCC(N)c1ccc(OCC)c(OCC)c1. The van der Waals surface area contributed by atoms with E-state index in [0.29, 0.717) is 13.2 Å². The van der Waals surface area contributed by atoms with Crippen LogP contribution in [0.1, 0.15) is 38.8 Å². The highest BCUT2D eigenvalue weighted by molar-refractivity contribution is 7.99. The molecule has 0 saturated carbocycles. The minimum Gasteiger partial charge on any atom is -0.490 e. The second kappa shape index (κ2) is 9.10. The molecule has 1 rings (SSSR count). The van der Waals surface area contributed by atoms with Crippen molar-refractivity contribution in [2.45, 2.75) is 33.2 Å². The fourth-order valence-corrected chi connectivity index (χ4v) is 2.65. The van der Waals surface area contributed by atoms with E-state index < -0.39 is 0 Å². The Kier molecular flexibility index (Phi) is 7.75. The van der Waals surface area contributed by atoms with Crippen LogP contribution >= 0.6 is 11.8 Å². The van der Waals surface area contributed by atoms with Crippen LogP contribution in [0.2, 0.25) is 0 Å². The summed E-state index contributed by atoms with van der Waals surface area (Å²) in [6.07, 6.45) is 1.19. The monoisotopic (exact) mass is 283 g/mol. The fourth-order valence-electron chi connectivity index (χ4n) is 1.75. The van der Waals surface area contributed by atoms with Crippen LogP contribution < -0.4 is 15.2 Å². The summed E-state index contributed by atoms with van der Waals surface area (Å²) in [4.78, 5) is 0. The number of rotatable bonds is 9. The van der Waals surface area contributed by atoms with Gasteiger partial charge in [-0.25, -0.2) is 0 Å². The smallest absolute Gasteiger partial charge is 0.161 e. The maximum absolute atomic E-state index is 6.21. The van der Waals surface area contributed by atoms with Crippen LogP contribution in [0.5, 0.6) is 11.5 Å². The Morgan fingerprint density at radius 1 is 1.11 bits per heavy atom. The maximum atomic E-state index is 6.21. The zero-order chi connectivity index (χ0) is 14.1. The normalized spacial score (nSPS) is 12.2. The second-order valence-electron chi connectivity index (χ2n) is 4.25. The molecule has 0 bridgehead atoms. The van der Waals surface area contributed by atoms with Crippen molar-refractivity contribution in [1.82, 2.24) is 0 Å². The van der Waals surface area contributed by atoms with Crippen LogP contribution in [0.25, 0.3) is 0 Å². The minimum absolute atomic E-state index is 0.0476. The molecular weight excluding hydrogens is 258 g/mol. The molecule has 0 aliphatic rings. The Labute approximate surface area is 120 Å². The first-order valence-electron chi connectivity index (χ1n) is 6.95. The van der Waals surface area contributed by atoms with E-state index in [2.05, 4.69) is 6.92 Å². The van der Waals surface area contributed by atoms with E-state index in [1.807, 2.05) is 43.8 Å². The van der Waals surface area contributed by atoms with Gasteiger partial charge in [0.15, 0.2) is 11.5 Å². The number of hydrogen-bond donors (Lipinski definition) is 1. The van der Waals surface area contributed by atoms with Crippen molar-refractivity contribution in [3.63, 3.8) is 0 Å². The van der Waals surface area contributed by atoms with Gasteiger partial charge in [0.25, 0.3) is 0 Å². The van der Waals surface area contributed by atoms with E-state index in [4.69, 9.17) is 15.2 Å². The second-order valence-corrected chi connectivity index (χ2v) is 5.40. The molecule has 1 aromatic rings. The summed E-state index contributed by atoms with van der Waals surface area (Å²) in [5.41, 5.74) is 7.31. The molecule has 1 atom stereocenters. The molecule has 4 heteroatoms. The predicted molar refractivity (Wildman–Crippen MR) is 83.3 cm³/mol. The minimum atomic E-state index is 0.0476. The quantitative estimate of drug-likeness (QED) is 0.703. The van der Waals surface area contributed by atoms with Crippen molar-refractivity contribution in [1.29, 1.82) is 0 Å². The largest absolute Gasteiger partial charge is 0.490 e. The molecule has 0 spiro atoms. The van der Waals surface area contributed by atoms with Gasteiger partial charge in [-0.2, -0.15) is 11.8 Å². The van der Waals surface area contributed by atoms with E-state index in [1.165, 1.54) is 6.42 Å². The number of nitrogens with two attached hydrogens (primary N) is 1. The highest BCUT2D eigenvalue weighted by Gasteiger charge is 2.11. The van der Waals surface area contributed by atoms with Crippen molar-refractivity contribution in [3.05, 3.63) is 23.8 Å². The first kappa shape index (κ1) is 16.2. The molecular formula is C15H25NO2S. The molecule has 0 fully saturated rings. The third-order valence-corrected chi connectivity index (χ3v) is 3.93. The van der Waals surface area contributed by atoms with Gasteiger partial charge in [0.2, 0.25) is 0 Å². The number of benzene rings is 1. The lowest BCUT2D eigenvalue weighted by Crippen LogP contribution is -2.13. The summed E-state index contributed by atoms with van der Waals surface area (Å²) in [5.74, 6) is 3.68. The molecule has 1 aromatic carbocycles. The summed E-state index contributed by atoms with van der Waals surface area (Å²) in [6, 6.07) is 6.04. The van der Waals surface area contributed by atoms with Crippen molar-refractivity contribution in [2.24, 2.45) is 5.73 Å². The predicted octanol–water partition coefficient (Wildman–Crippen LogP) is 3.63. The van der Waals surface area contributed by atoms with Crippen molar-refractivity contribution >= 4 is 11.8 Å². The van der Waals surface area contributed by atoms with Gasteiger partial charge in [0.05, 0.1) is 13.2 Å². The molecule has 2 N–H and O–H groups in total. The standard InChI is InChI=1S/C15H25NO2S/c1-4-9-19-11-13(16)12-7-8-14(17-5-2)15(10-12)18-6-3/h7-8,10,13H,4-6,9,11,16H2,1-3H3. The average Bonchev–Trinajstić information content (AvgIpc) is 2.41. The third kappa shape index (κ3) is 5.33. The first-order valence-corrected chi connectivity index (χ1v) is 8.11. The highest BCUT2D eigenvalue weighted by atomic mass is 32.2. The fraction of sp³-hybridized carbons (Fsp3) is 0.600. The lowest BCUT2D eigenvalue weighted by Gasteiger charge is -2.16. The number of thioether (sulfide) groups is 1. The van der Waals surface area contributed by atoms with Crippen LogP contribution in [-0.4, -0.2) is 24.7 Å². The molecule has 1 unspecified atom stereocenters. The number of hydrogen-bond acceptors (Lipinski definition) is 4. The lowest BCUT2D eigenvalue weighted by molar-refractivity contribution is 0.287. The van der Waals surface area contributed by atoms with Crippen LogP contribution in [0.4, 0.5) is 0 Å². The van der Waals surface area contributed by atoms with Gasteiger partial charge in [-0.15, -0.1) is 0 Å². The van der Waals surface area contributed by atoms with Crippen LogP contribution in [0, 0.1) is 0 Å². The van der Waals surface area contributed by atoms with E-state index in [0.717, 1.165) is 28.6 Å². The topological polar surface area (TPSA) is 44.5 Å². The average molecular weight is 283 g/mol. The zero-order valence-electron chi connectivity index (χ0n) is 12.1. The molecule has 0 saturated heterocycles. The van der Waals surface area contributed by atoms with Gasteiger partial charge >= 0.3 is 0 Å². The van der Waals surface area contributed by atoms with Gasteiger partial charge in [-0.1, -0.05) is 13.0 Å². The molecule has 0 heterocycles. The van der Waals surface area contributed by atoms with E-state index in [1.54, 1.807) is 0 Å². The van der Waals surface area contributed by atoms with Gasteiger partial charge < -0.3 is 15.2 Å². The Morgan fingerprint density at radius 3 is 2.42 bits per heavy atom. The van der Waals surface area contributed by atoms with Crippen LogP contribution in [0.3, 0.4) is 0 Å². The Morgan fingerprint density at radius 2 is 1.79 bits per heavy atom. The number of ether oxygens (including phenoxy) is 2. The molecule has 19 heavy (non-hydrogen) atoms. The Balaban J connectivity index is 2.75. The molecule has 3 nitrogen and oxygen atoms in total. The first-order chi connectivity index (χ1) is 9.22. The molecule has 0 aliphatic heterocycles. The zero-order valence-corrected chi connectivity index (χ0v) is 13.0.